The Bertz CT molecular complexity index is 2730. The van der Waals surface area contributed by atoms with Crippen molar-refractivity contribution in [2.24, 2.45) is 5.92 Å². The quantitative estimate of drug-likeness (QED) is 0.0994. The molecule has 6 aromatic heterocycles. The number of hydrogen-bond acceptors (Lipinski definition) is 12. The van der Waals surface area contributed by atoms with Gasteiger partial charge in [-0.3, -0.25) is 9.59 Å². The van der Waals surface area contributed by atoms with E-state index in [0.29, 0.717) is 18.7 Å². The molecule has 18 heteroatoms. The second kappa shape index (κ2) is 17.1. The van der Waals surface area contributed by atoms with Gasteiger partial charge in [0.05, 0.1) is 68.9 Å². The lowest BCUT2D eigenvalue weighted by Gasteiger charge is -2.30. The third kappa shape index (κ3) is 7.59. The molecule has 4 N–H and O–H groups in total. The number of alkyl carbamates (subject to hydrolysis) is 2. The highest BCUT2D eigenvalue weighted by molar-refractivity contribution is 7.29. The minimum absolute atomic E-state index is 0.110. The largest absolute Gasteiger partial charge is 0.453 e. The van der Waals surface area contributed by atoms with E-state index in [0.717, 1.165) is 59.8 Å². The van der Waals surface area contributed by atoms with Crippen molar-refractivity contribution in [1.29, 1.82) is 0 Å². The summed E-state index contributed by atoms with van der Waals surface area (Å²) in [6, 6.07) is 7.17. The van der Waals surface area contributed by atoms with Crippen LogP contribution in [0.15, 0.2) is 64.2 Å². The van der Waals surface area contributed by atoms with Gasteiger partial charge < -0.3 is 39.9 Å². The number of amides is 4. The van der Waals surface area contributed by atoms with Crippen molar-refractivity contribution in [3.63, 3.8) is 0 Å². The summed E-state index contributed by atoms with van der Waals surface area (Å²) in [5, 5.41) is 14.3. The zero-order valence-electron chi connectivity index (χ0n) is 33.9. The number of aromatic nitrogens is 4. The number of hydrogen-bond donors (Lipinski definition) is 4. The number of benzene rings is 1. The molecule has 8 heterocycles. The third-order valence-corrected chi connectivity index (χ3v) is 15.9. The molecule has 2 aliphatic rings. The molecule has 14 nitrogen and oxygen atoms in total. The van der Waals surface area contributed by atoms with E-state index in [-0.39, 0.29) is 29.8 Å². The first-order valence-electron chi connectivity index (χ1n) is 20.1. The Morgan fingerprint density at radius 3 is 1.62 bits per heavy atom. The van der Waals surface area contributed by atoms with Crippen LogP contribution in [0.4, 0.5) is 9.59 Å². The summed E-state index contributed by atoms with van der Waals surface area (Å²) in [4.78, 5) is 72.4. The molecular weight excluding hydrogens is 853 g/mol. The average Bonchev–Trinajstić information content (AvgIpc) is 4.12. The zero-order chi connectivity index (χ0) is 42.4. The summed E-state index contributed by atoms with van der Waals surface area (Å²) in [6.07, 6.45) is 5.63. The zero-order valence-corrected chi connectivity index (χ0v) is 37.1. The highest BCUT2D eigenvalue weighted by Crippen LogP contribution is 2.50. The molecule has 4 amide bonds. The highest BCUT2D eigenvalue weighted by atomic mass is 32.1. The van der Waals surface area contributed by atoms with E-state index in [2.05, 4.69) is 42.1 Å². The number of carbonyl (C=O) groups excluding carboxylic acids is 4. The Morgan fingerprint density at radius 1 is 0.672 bits per heavy atom. The van der Waals surface area contributed by atoms with Gasteiger partial charge in [-0.05, 0) is 37.2 Å². The minimum Gasteiger partial charge on any atom is -0.453 e. The van der Waals surface area contributed by atoms with Crippen LogP contribution < -0.4 is 10.6 Å². The van der Waals surface area contributed by atoms with Crippen LogP contribution in [0.3, 0.4) is 0 Å². The number of ether oxygens (including phenoxy) is 2. The summed E-state index contributed by atoms with van der Waals surface area (Å²) in [7, 11) is 2.58. The Kier molecular flexibility index (Phi) is 11.4. The molecule has 9 rings (SSSR count). The number of thiophene rings is 4. The topological polar surface area (TPSA) is 175 Å². The number of methoxy groups -OCH3 is 2. The van der Waals surface area contributed by atoms with Gasteiger partial charge in [0, 0.05) is 56.9 Å². The molecule has 2 aliphatic heterocycles. The van der Waals surface area contributed by atoms with Crippen molar-refractivity contribution in [3.05, 3.63) is 81.5 Å². The van der Waals surface area contributed by atoms with Crippen LogP contribution in [-0.4, -0.2) is 87.1 Å². The molecule has 2 fully saturated rings. The fourth-order valence-corrected chi connectivity index (χ4v) is 13.3. The van der Waals surface area contributed by atoms with Crippen molar-refractivity contribution in [2.75, 3.05) is 27.3 Å². The number of nitrogens with zero attached hydrogens (tertiary/aromatic N) is 4. The molecule has 2 saturated heterocycles. The molecule has 0 bridgehead atoms. The van der Waals surface area contributed by atoms with E-state index < -0.39 is 24.3 Å². The standard InChI is InChI=1S/C43H44N8O6S4/c1-22(2)32(48-42(54)56-3)40(52)50-14-8-12-30(50)38-44-16-28(46-38)26-20-60-34-24(18-58-36(26)34)25-19-59-37-27(21-61-35(25)37)29-17-45-39(47-29)31-13-9-15-51(31)41(53)33(49-43(55)57-4)23-10-6-5-7-11-23/h5-7,10-11,16-22,30-33H,8-9,12-15H2,1-4H3,(H,44,46)(H,45,47)(H,48,54)(H,49,55)/t30-,31-,32-,33+/m0/s1. The van der Waals surface area contributed by atoms with Gasteiger partial charge in [0.2, 0.25) is 5.91 Å². The second-order valence-electron chi connectivity index (χ2n) is 15.5. The molecule has 0 saturated carbocycles. The van der Waals surface area contributed by atoms with Gasteiger partial charge in [0.15, 0.2) is 0 Å². The Hall–Kier alpha value is -5.56. The molecule has 4 atom stereocenters. The van der Waals surface area contributed by atoms with Crippen molar-refractivity contribution < 1.29 is 28.7 Å². The summed E-state index contributed by atoms with van der Waals surface area (Å²) >= 11 is 6.86. The monoisotopic (exact) mass is 896 g/mol. The molecule has 316 valence electrons. The van der Waals surface area contributed by atoms with Crippen molar-refractivity contribution in [1.82, 2.24) is 40.4 Å². The first-order valence-corrected chi connectivity index (χ1v) is 23.6. The first kappa shape index (κ1) is 40.8. The predicted octanol–water partition coefficient (Wildman–Crippen LogP) is 9.49. The molecule has 0 unspecified atom stereocenters. The number of aromatic amines is 2. The molecule has 0 aliphatic carbocycles. The van der Waals surface area contributed by atoms with E-state index in [4.69, 9.17) is 19.4 Å². The van der Waals surface area contributed by atoms with Gasteiger partial charge in [-0.2, -0.15) is 0 Å². The predicted molar refractivity (Wildman–Crippen MR) is 240 cm³/mol. The fraction of sp³-hybridized carbons (Fsp3) is 0.349. The van der Waals surface area contributed by atoms with Crippen molar-refractivity contribution in [3.8, 4) is 33.6 Å². The van der Waals surface area contributed by atoms with E-state index >= 15 is 0 Å². The van der Waals surface area contributed by atoms with Gasteiger partial charge in [0.25, 0.3) is 5.91 Å². The van der Waals surface area contributed by atoms with E-state index in [9.17, 15) is 19.2 Å². The van der Waals surface area contributed by atoms with Gasteiger partial charge in [-0.15, -0.1) is 45.3 Å². The lowest BCUT2D eigenvalue weighted by molar-refractivity contribution is -0.135. The van der Waals surface area contributed by atoms with E-state index in [1.807, 2.05) is 66.4 Å². The maximum Gasteiger partial charge on any atom is 0.407 e. The van der Waals surface area contributed by atoms with Gasteiger partial charge in [0.1, 0.15) is 23.7 Å². The summed E-state index contributed by atoms with van der Waals surface area (Å²) < 4.78 is 14.4. The van der Waals surface area contributed by atoms with Crippen LogP contribution >= 0.6 is 45.3 Å². The molecule has 1 aromatic carbocycles. The van der Waals surface area contributed by atoms with Crippen LogP contribution in [0.2, 0.25) is 0 Å². The fourth-order valence-electron chi connectivity index (χ4n) is 8.45. The number of nitrogens with one attached hydrogen (secondary N) is 4. The van der Waals surface area contributed by atoms with E-state index in [1.54, 1.807) is 45.3 Å². The van der Waals surface area contributed by atoms with Gasteiger partial charge >= 0.3 is 12.2 Å². The highest BCUT2D eigenvalue weighted by Gasteiger charge is 2.39. The Labute approximate surface area is 367 Å². The van der Waals surface area contributed by atoms with Crippen LogP contribution in [-0.2, 0) is 19.1 Å². The number of carbonyl (C=O) groups is 4. The van der Waals surface area contributed by atoms with E-state index in [1.165, 1.54) is 44.1 Å². The number of fused-ring (bicyclic) bond motifs is 2. The van der Waals surface area contributed by atoms with Crippen molar-refractivity contribution >= 4 is 88.1 Å². The number of H-pyrrole nitrogens is 2. The van der Waals surface area contributed by atoms with Gasteiger partial charge in [-0.1, -0.05) is 44.2 Å². The van der Waals surface area contributed by atoms with Crippen LogP contribution in [0.1, 0.15) is 74.9 Å². The average molecular weight is 897 g/mol. The first-order chi connectivity index (χ1) is 29.6. The molecular formula is C43H44N8O6S4. The number of likely N-dealkylation sites (tertiary alicyclic amines) is 2. The number of imidazole rings is 2. The smallest absolute Gasteiger partial charge is 0.407 e. The third-order valence-electron chi connectivity index (χ3n) is 11.6. The second-order valence-corrected chi connectivity index (χ2v) is 19.0. The number of rotatable bonds is 11. The Balaban J connectivity index is 0.936. The lowest BCUT2D eigenvalue weighted by atomic mass is 10.0. The van der Waals surface area contributed by atoms with Crippen molar-refractivity contribution in [2.45, 2.75) is 63.7 Å². The summed E-state index contributed by atoms with van der Waals surface area (Å²) in [5.41, 5.74) is 7.03. The summed E-state index contributed by atoms with van der Waals surface area (Å²) in [5.74, 6) is 1.01. The van der Waals surface area contributed by atoms with Crippen LogP contribution in [0.5, 0.6) is 0 Å². The Morgan fingerprint density at radius 2 is 1.13 bits per heavy atom. The van der Waals surface area contributed by atoms with Crippen LogP contribution in [0.25, 0.3) is 52.4 Å². The molecule has 0 radical (unpaired) electrons. The lowest BCUT2D eigenvalue weighted by Crippen LogP contribution is -2.51. The van der Waals surface area contributed by atoms with Gasteiger partial charge in [-0.25, -0.2) is 19.6 Å². The maximum absolute atomic E-state index is 14.0. The molecule has 7 aromatic rings. The molecule has 0 spiro atoms. The maximum atomic E-state index is 14.0. The molecule has 61 heavy (non-hydrogen) atoms. The van der Waals surface area contributed by atoms with Crippen LogP contribution in [0, 0.1) is 5.92 Å². The minimum atomic E-state index is -0.883. The normalized spacial score (nSPS) is 17.7. The summed E-state index contributed by atoms with van der Waals surface area (Å²) in [6.45, 7) is 4.97. The SMILES string of the molecule is COC(=O)N[C@H](C(=O)N1CCC[C@H]1c1ncc(-c2csc3c(-c4csc5c(-c6cnc([C@@H]7CCCN7C(=O)[C@H](NC(=O)OC)c7ccccc7)[nH]6)csc45)csc23)[nH]1)C(C)C.